The van der Waals surface area contributed by atoms with Crippen LogP contribution in [0.3, 0.4) is 0 Å². The standard InChI is InChI=1S/C17H20FN3O2S/c1-11-7-12(2)9-21(8-11)15(22)10-24-17-20-19-16(23-17)13-3-5-14(18)6-4-13/h3-6,11-12H,7-10H2,1-2H3/t11-,12-/m0/s1. The molecule has 1 fully saturated rings. The van der Waals surface area contributed by atoms with Gasteiger partial charge in [-0.25, -0.2) is 4.39 Å². The third kappa shape index (κ3) is 4.14. The number of halogens is 1. The van der Waals surface area contributed by atoms with Crippen LogP contribution in [0.4, 0.5) is 4.39 Å². The second-order valence-corrected chi connectivity index (χ2v) is 7.34. The Morgan fingerprint density at radius 3 is 2.58 bits per heavy atom. The third-order valence-electron chi connectivity index (χ3n) is 4.04. The molecule has 1 aliphatic heterocycles. The van der Waals surface area contributed by atoms with Crippen LogP contribution in [0.5, 0.6) is 0 Å². The van der Waals surface area contributed by atoms with Gasteiger partial charge in [-0.2, -0.15) is 0 Å². The summed E-state index contributed by atoms with van der Waals surface area (Å²) in [6.07, 6.45) is 1.17. The van der Waals surface area contributed by atoms with Crippen LogP contribution in [0, 0.1) is 17.7 Å². The average Bonchev–Trinajstić information content (AvgIpc) is 3.01. The van der Waals surface area contributed by atoms with E-state index in [1.54, 1.807) is 12.1 Å². The summed E-state index contributed by atoms with van der Waals surface area (Å²) >= 11 is 1.24. The first-order valence-electron chi connectivity index (χ1n) is 8.01. The first-order chi connectivity index (χ1) is 11.5. The molecule has 5 nitrogen and oxygen atoms in total. The lowest BCUT2D eigenvalue weighted by Gasteiger charge is -2.34. The predicted molar refractivity (Wildman–Crippen MR) is 89.9 cm³/mol. The number of thioether (sulfide) groups is 1. The number of likely N-dealkylation sites (tertiary alicyclic amines) is 1. The molecular formula is C17H20FN3O2S. The summed E-state index contributed by atoms with van der Waals surface area (Å²) in [6.45, 7) is 5.98. The van der Waals surface area contributed by atoms with Crippen molar-refractivity contribution in [2.24, 2.45) is 11.8 Å². The van der Waals surface area contributed by atoms with Gasteiger partial charge in [0.2, 0.25) is 11.8 Å². The monoisotopic (exact) mass is 349 g/mol. The zero-order valence-electron chi connectivity index (χ0n) is 13.7. The molecule has 2 atom stereocenters. The number of rotatable bonds is 4. The van der Waals surface area contributed by atoms with Gasteiger partial charge in [-0.15, -0.1) is 10.2 Å². The first kappa shape index (κ1) is 17.0. The number of hydrogen-bond acceptors (Lipinski definition) is 5. The Bertz CT molecular complexity index is 694. The number of hydrogen-bond donors (Lipinski definition) is 0. The minimum atomic E-state index is -0.316. The van der Waals surface area contributed by atoms with Crippen molar-refractivity contribution in [1.29, 1.82) is 0 Å². The molecular weight excluding hydrogens is 329 g/mol. The molecule has 1 aromatic heterocycles. The molecule has 0 aliphatic carbocycles. The summed E-state index contributed by atoms with van der Waals surface area (Å²) in [5.74, 6) is 1.46. The van der Waals surface area contributed by atoms with E-state index in [-0.39, 0.29) is 17.5 Å². The molecule has 24 heavy (non-hydrogen) atoms. The number of carbonyl (C=O) groups is 1. The first-order valence-corrected chi connectivity index (χ1v) is 9.00. The van der Waals surface area contributed by atoms with Crippen molar-refractivity contribution in [3.05, 3.63) is 30.1 Å². The molecule has 0 saturated carbocycles. The van der Waals surface area contributed by atoms with Gasteiger partial charge in [-0.3, -0.25) is 4.79 Å². The van der Waals surface area contributed by atoms with Crippen molar-refractivity contribution in [2.75, 3.05) is 18.8 Å². The topological polar surface area (TPSA) is 59.2 Å². The van der Waals surface area contributed by atoms with Crippen LogP contribution in [0.25, 0.3) is 11.5 Å². The van der Waals surface area contributed by atoms with E-state index in [0.29, 0.717) is 28.5 Å². The van der Waals surface area contributed by atoms with Gasteiger partial charge in [0, 0.05) is 18.7 Å². The van der Waals surface area contributed by atoms with Gasteiger partial charge >= 0.3 is 0 Å². The van der Waals surface area contributed by atoms with E-state index in [4.69, 9.17) is 4.42 Å². The summed E-state index contributed by atoms with van der Waals surface area (Å²) in [5.41, 5.74) is 0.653. The molecule has 128 valence electrons. The highest BCUT2D eigenvalue weighted by atomic mass is 32.2. The SMILES string of the molecule is C[C@H]1C[C@H](C)CN(C(=O)CSc2nnc(-c3ccc(F)cc3)o2)C1. The Balaban J connectivity index is 1.57. The predicted octanol–water partition coefficient (Wildman–Crippen LogP) is 3.47. The van der Waals surface area contributed by atoms with E-state index >= 15 is 0 Å². The molecule has 0 bridgehead atoms. The largest absolute Gasteiger partial charge is 0.411 e. The van der Waals surface area contributed by atoms with E-state index in [1.807, 2.05) is 4.90 Å². The van der Waals surface area contributed by atoms with Crippen molar-refractivity contribution >= 4 is 17.7 Å². The number of benzene rings is 1. The van der Waals surface area contributed by atoms with Crippen molar-refractivity contribution in [3.63, 3.8) is 0 Å². The van der Waals surface area contributed by atoms with Crippen molar-refractivity contribution in [3.8, 4) is 11.5 Å². The number of nitrogens with zero attached hydrogens (tertiary/aromatic N) is 3. The molecule has 0 unspecified atom stereocenters. The zero-order valence-corrected chi connectivity index (χ0v) is 14.6. The Morgan fingerprint density at radius 1 is 1.25 bits per heavy atom. The van der Waals surface area contributed by atoms with Crippen LogP contribution in [-0.2, 0) is 4.79 Å². The van der Waals surface area contributed by atoms with Crippen LogP contribution < -0.4 is 0 Å². The van der Waals surface area contributed by atoms with Crippen LogP contribution in [-0.4, -0.2) is 39.8 Å². The maximum atomic E-state index is 12.9. The Hall–Kier alpha value is -1.89. The summed E-state index contributed by atoms with van der Waals surface area (Å²) < 4.78 is 18.5. The van der Waals surface area contributed by atoms with Gasteiger partial charge in [0.05, 0.1) is 5.75 Å². The maximum Gasteiger partial charge on any atom is 0.277 e. The lowest BCUT2D eigenvalue weighted by molar-refractivity contribution is -0.130. The van der Waals surface area contributed by atoms with Gasteiger partial charge < -0.3 is 9.32 Å². The molecule has 7 heteroatoms. The minimum Gasteiger partial charge on any atom is -0.411 e. The molecule has 1 aliphatic rings. The summed E-state index contributed by atoms with van der Waals surface area (Å²) in [6, 6.07) is 5.85. The summed E-state index contributed by atoms with van der Waals surface area (Å²) in [7, 11) is 0. The Kier molecular flexibility index (Phi) is 5.18. The third-order valence-corrected chi connectivity index (χ3v) is 4.84. The lowest BCUT2D eigenvalue weighted by Crippen LogP contribution is -2.43. The molecule has 2 heterocycles. The molecule has 1 aromatic carbocycles. The van der Waals surface area contributed by atoms with Crippen LogP contribution in [0.1, 0.15) is 20.3 Å². The quantitative estimate of drug-likeness (QED) is 0.791. The fourth-order valence-electron chi connectivity index (χ4n) is 3.06. The van der Waals surface area contributed by atoms with Gasteiger partial charge in [0.15, 0.2) is 0 Å². The summed E-state index contributed by atoms with van der Waals surface area (Å²) in [5, 5.41) is 8.24. The van der Waals surface area contributed by atoms with E-state index in [2.05, 4.69) is 24.0 Å². The molecule has 0 N–H and O–H groups in total. The van der Waals surface area contributed by atoms with E-state index in [9.17, 15) is 9.18 Å². The number of carbonyl (C=O) groups excluding carboxylic acids is 1. The Morgan fingerprint density at radius 2 is 1.92 bits per heavy atom. The van der Waals surface area contributed by atoms with Crippen LogP contribution >= 0.6 is 11.8 Å². The maximum absolute atomic E-state index is 12.9. The highest BCUT2D eigenvalue weighted by Gasteiger charge is 2.25. The molecule has 2 aromatic rings. The normalized spacial score (nSPS) is 21.0. The Labute approximate surface area is 144 Å². The van der Waals surface area contributed by atoms with Gasteiger partial charge in [-0.05, 0) is 42.5 Å². The fraction of sp³-hybridized carbons (Fsp3) is 0.471. The smallest absolute Gasteiger partial charge is 0.277 e. The fourth-order valence-corrected chi connectivity index (χ4v) is 3.72. The van der Waals surface area contributed by atoms with Gasteiger partial charge in [0.1, 0.15) is 5.82 Å². The highest BCUT2D eigenvalue weighted by Crippen LogP contribution is 2.25. The van der Waals surface area contributed by atoms with E-state index < -0.39 is 0 Å². The van der Waals surface area contributed by atoms with E-state index in [0.717, 1.165) is 13.1 Å². The molecule has 1 saturated heterocycles. The second kappa shape index (κ2) is 7.34. The van der Waals surface area contributed by atoms with Gasteiger partial charge in [-0.1, -0.05) is 25.6 Å². The molecule has 0 radical (unpaired) electrons. The lowest BCUT2D eigenvalue weighted by atomic mass is 9.92. The number of aromatic nitrogens is 2. The number of piperidine rings is 1. The molecule has 3 rings (SSSR count). The van der Waals surface area contributed by atoms with Crippen molar-refractivity contribution in [2.45, 2.75) is 25.5 Å². The average molecular weight is 349 g/mol. The minimum absolute atomic E-state index is 0.0972. The van der Waals surface area contributed by atoms with Crippen molar-refractivity contribution in [1.82, 2.24) is 15.1 Å². The second-order valence-electron chi connectivity index (χ2n) is 6.41. The zero-order chi connectivity index (χ0) is 17.1. The molecule has 1 amide bonds. The highest BCUT2D eigenvalue weighted by molar-refractivity contribution is 7.99. The number of amides is 1. The van der Waals surface area contributed by atoms with Gasteiger partial charge in [0.25, 0.3) is 5.22 Å². The van der Waals surface area contributed by atoms with Crippen LogP contribution in [0.15, 0.2) is 33.9 Å². The molecule has 0 spiro atoms. The van der Waals surface area contributed by atoms with Crippen LogP contribution in [0.2, 0.25) is 0 Å². The van der Waals surface area contributed by atoms with E-state index in [1.165, 1.54) is 30.3 Å². The summed E-state index contributed by atoms with van der Waals surface area (Å²) in [4.78, 5) is 14.3. The van der Waals surface area contributed by atoms with Crippen molar-refractivity contribution < 1.29 is 13.6 Å².